The van der Waals surface area contributed by atoms with Crippen molar-refractivity contribution < 1.29 is 28.7 Å². The van der Waals surface area contributed by atoms with Gasteiger partial charge in [-0.1, -0.05) is 31.5 Å². The van der Waals surface area contributed by atoms with Crippen LogP contribution in [0.2, 0.25) is 0 Å². The van der Waals surface area contributed by atoms with Crippen molar-refractivity contribution in [2.45, 2.75) is 51.4 Å². The molecule has 0 saturated carbocycles. The Kier molecular flexibility index (Phi) is 8.14. The van der Waals surface area contributed by atoms with Crippen LogP contribution in [0.4, 0.5) is 5.69 Å². The molecule has 2 atom stereocenters. The van der Waals surface area contributed by atoms with Crippen LogP contribution in [0.25, 0.3) is 0 Å². The van der Waals surface area contributed by atoms with Crippen LogP contribution >= 0.6 is 0 Å². The molecule has 1 aliphatic carbocycles. The number of unbranched alkanes of at least 4 members (excludes halogenated alkanes) is 1. The molecule has 2 aliphatic rings. The molecule has 38 heavy (non-hydrogen) atoms. The number of non-ortho nitro benzene ring substituents is 1. The zero-order chi connectivity index (χ0) is 27.4. The number of carbonyl (C=O) groups is 2. The maximum absolute atomic E-state index is 13.7. The molecule has 0 spiro atoms. The number of ether oxygens (including phenoxy) is 3. The average molecular weight is 521 g/mol. The predicted octanol–water partition coefficient (Wildman–Crippen LogP) is 5.32. The molecule has 0 radical (unpaired) electrons. The molecule has 0 bridgehead atoms. The lowest BCUT2D eigenvalue weighted by molar-refractivity contribution is -0.384. The quantitative estimate of drug-likeness (QED) is 0.204. The topological polar surface area (TPSA) is 117 Å². The number of rotatable bonds is 9. The Bertz CT molecular complexity index is 1310. The molecule has 1 aliphatic heterocycles. The lowest BCUT2D eigenvalue weighted by atomic mass is 9.71. The number of hydrogen-bond acceptors (Lipinski definition) is 8. The van der Waals surface area contributed by atoms with Crippen molar-refractivity contribution in [3.05, 3.63) is 86.2 Å². The number of allylic oxidation sites excluding steroid dienone is 3. The van der Waals surface area contributed by atoms with Gasteiger partial charge >= 0.3 is 5.97 Å². The van der Waals surface area contributed by atoms with Gasteiger partial charge in [-0.3, -0.25) is 14.9 Å². The Labute approximate surface area is 221 Å². The van der Waals surface area contributed by atoms with E-state index in [9.17, 15) is 19.7 Å². The van der Waals surface area contributed by atoms with Crippen molar-refractivity contribution in [3.8, 4) is 11.5 Å². The molecule has 0 aromatic heterocycles. The Morgan fingerprint density at radius 2 is 1.74 bits per heavy atom. The van der Waals surface area contributed by atoms with Gasteiger partial charge < -0.3 is 19.5 Å². The summed E-state index contributed by atoms with van der Waals surface area (Å²) in [4.78, 5) is 37.8. The van der Waals surface area contributed by atoms with Gasteiger partial charge in [-0.25, -0.2) is 4.79 Å². The normalized spacial score (nSPS) is 19.0. The Hall–Kier alpha value is -4.14. The number of benzene rings is 2. The molecule has 2 unspecified atom stereocenters. The van der Waals surface area contributed by atoms with Crippen molar-refractivity contribution in [2.24, 2.45) is 0 Å². The molecule has 1 N–H and O–H groups in total. The van der Waals surface area contributed by atoms with Gasteiger partial charge in [0.1, 0.15) is 0 Å². The maximum atomic E-state index is 13.7. The summed E-state index contributed by atoms with van der Waals surface area (Å²) in [5.41, 5.74) is 3.72. The van der Waals surface area contributed by atoms with Crippen LogP contribution in [-0.4, -0.2) is 37.5 Å². The van der Waals surface area contributed by atoms with E-state index >= 15 is 0 Å². The minimum absolute atomic E-state index is 0.0619. The van der Waals surface area contributed by atoms with E-state index in [1.807, 2.05) is 25.1 Å². The number of methoxy groups -OCH3 is 2. The molecule has 1 heterocycles. The number of Topliss-reactive ketones (excluding diaryl/α,β-unsaturated/α-hetero) is 1. The number of ketones is 1. The van der Waals surface area contributed by atoms with Gasteiger partial charge in [0.05, 0.1) is 31.3 Å². The Morgan fingerprint density at radius 3 is 2.37 bits per heavy atom. The first-order valence-electron chi connectivity index (χ1n) is 12.7. The van der Waals surface area contributed by atoms with E-state index in [0.29, 0.717) is 40.3 Å². The number of esters is 1. The van der Waals surface area contributed by atoms with Crippen molar-refractivity contribution in [1.29, 1.82) is 0 Å². The summed E-state index contributed by atoms with van der Waals surface area (Å²) in [6.45, 7) is 4.08. The number of carbonyl (C=O) groups excluding carboxylic acids is 2. The van der Waals surface area contributed by atoms with E-state index in [1.54, 1.807) is 33.3 Å². The molecule has 9 nitrogen and oxygen atoms in total. The van der Waals surface area contributed by atoms with Gasteiger partial charge in [0.2, 0.25) is 0 Å². The number of dihydropyridines is 1. The summed E-state index contributed by atoms with van der Waals surface area (Å²) >= 11 is 0. The van der Waals surface area contributed by atoms with E-state index in [-0.39, 0.29) is 30.4 Å². The lowest BCUT2D eigenvalue weighted by Crippen LogP contribution is -2.36. The van der Waals surface area contributed by atoms with Crippen LogP contribution in [0.15, 0.2) is 65.0 Å². The van der Waals surface area contributed by atoms with Crippen LogP contribution in [0, 0.1) is 10.1 Å². The van der Waals surface area contributed by atoms with Crippen LogP contribution in [0.3, 0.4) is 0 Å². The highest BCUT2D eigenvalue weighted by molar-refractivity contribution is 6.04. The summed E-state index contributed by atoms with van der Waals surface area (Å²) in [6, 6.07) is 11.7. The molecule has 2 aromatic rings. The molecule has 2 aromatic carbocycles. The Morgan fingerprint density at radius 1 is 1.05 bits per heavy atom. The summed E-state index contributed by atoms with van der Waals surface area (Å²) in [6.07, 6.45) is 2.40. The monoisotopic (exact) mass is 520 g/mol. The second kappa shape index (κ2) is 11.5. The molecular formula is C29H32N2O7. The highest BCUT2D eigenvalue weighted by Crippen LogP contribution is 2.46. The molecule has 9 heteroatoms. The average Bonchev–Trinajstić information content (AvgIpc) is 2.91. The first kappa shape index (κ1) is 26.9. The van der Waals surface area contributed by atoms with E-state index in [4.69, 9.17) is 14.2 Å². The van der Waals surface area contributed by atoms with E-state index in [0.717, 1.165) is 24.1 Å². The number of nitro benzene ring substituents is 1. The first-order chi connectivity index (χ1) is 18.3. The number of nitrogens with one attached hydrogen (secondary N) is 1. The van der Waals surface area contributed by atoms with Crippen LogP contribution in [0.5, 0.6) is 11.5 Å². The molecule has 0 fully saturated rings. The van der Waals surface area contributed by atoms with E-state index in [2.05, 4.69) is 5.32 Å². The van der Waals surface area contributed by atoms with E-state index < -0.39 is 16.8 Å². The third-order valence-electron chi connectivity index (χ3n) is 7.09. The van der Waals surface area contributed by atoms with Crippen LogP contribution < -0.4 is 14.8 Å². The third-order valence-corrected chi connectivity index (χ3v) is 7.09. The van der Waals surface area contributed by atoms with Crippen molar-refractivity contribution in [3.63, 3.8) is 0 Å². The zero-order valence-corrected chi connectivity index (χ0v) is 22.0. The summed E-state index contributed by atoms with van der Waals surface area (Å²) in [7, 11) is 3.14. The first-order valence-corrected chi connectivity index (χ1v) is 12.7. The smallest absolute Gasteiger partial charge is 0.336 e. The fourth-order valence-electron chi connectivity index (χ4n) is 5.16. The van der Waals surface area contributed by atoms with Crippen molar-refractivity contribution in [1.82, 2.24) is 5.32 Å². The van der Waals surface area contributed by atoms with Gasteiger partial charge in [-0.2, -0.15) is 0 Å². The SMILES string of the molecule is CCCCOC(=O)C1=C(C)NC2=C(C(=O)CC(c3ccc(OC)c(OC)c3)C2)C1c1ccc([N+](=O)[O-])cc1. The predicted molar refractivity (Wildman–Crippen MR) is 141 cm³/mol. The summed E-state index contributed by atoms with van der Waals surface area (Å²) in [5.74, 6) is -0.165. The highest BCUT2D eigenvalue weighted by Gasteiger charge is 2.41. The van der Waals surface area contributed by atoms with Gasteiger partial charge in [-0.05, 0) is 48.9 Å². The maximum Gasteiger partial charge on any atom is 0.336 e. The standard InChI is InChI=1S/C29H32N2O7/c1-5-6-13-38-29(33)26-17(2)30-22-14-20(19-9-12-24(36-3)25(16-19)37-4)15-23(32)28(22)27(26)18-7-10-21(11-8-18)31(34)35/h7-12,16,20,27,30H,5-6,13-15H2,1-4H3. The molecule has 0 amide bonds. The molecule has 200 valence electrons. The van der Waals surface area contributed by atoms with Gasteiger partial charge in [0.15, 0.2) is 17.3 Å². The van der Waals surface area contributed by atoms with Gasteiger partial charge in [0, 0.05) is 41.4 Å². The third kappa shape index (κ3) is 5.27. The van der Waals surface area contributed by atoms with Crippen LogP contribution in [-0.2, 0) is 14.3 Å². The number of hydrogen-bond donors (Lipinski definition) is 1. The minimum Gasteiger partial charge on any atom is -0.493 e. The van der Waals surface area contributed by atoms with E-state index in [1.165, 1.54) is 12.1 Å². The fraction of sp³-hybridized carbons (Fsp3) is 0.379. The van der Waals surface area contributed by atoms with Crippen molar-refractivity contribution >= 4 is 17.4 Å². The minimum atomic E-state index is -0.681. The highest BCUT2D eigenvalue weighted by atomic mass is 16.6. The summed E-state index contributed by atoms with van der Waals surface area (Å²) in [5, 5.41) is 14.6. The molecular weight excluding hydrogens is 488 g/mol. The lowest BCUT2D eigenvalue weighted by Gasteiger charge is -2.36. The summed E-state index contributed by atoms with van der Waals surface area (Å²) < 4.78 is 16.4. The van der Waals surface area contributed by atoms with Crippen LogP contribution in [0.1, 0.15) is 62.5 Å². The van der Waals surface area contributed by atoms with Gasteiger partial charge in [-0.15, -0.1) is 0 Å². The molecule has 4 rings (SSSR count). The zero-order valence-electron chi connectivity index (χ0n) is 22.0. The number of nitrogens with zero attached hydrogens (tertiary/aromatic N) is 1. The van der Waals surface area contributed by atoms with Crippen molar-refractivity contribution in [2.75, 3.05) is 20.8 Å². The van der Waals surface area contributed by atoms with Gasteiger partial charge in [0.25, 0.3) is 5.69 Å². The second-order valence-electron chi connectivity index (χ2n) is 9.47. The second-order valence-corrected chi connectivity index (χ2v) is 9.47. The molecule has 0 saturated heterocycles. The largest absolute Gasteiger partial charge is 0.493 e. The Balaban J connectivity index is 1.75. The fourth-order valence-corrected chi connectivity index (χ4v) is 5.16. The number of nitro groups is 1.